The van der Waals surface area contributed by atoms with Gasteiger partial charge in [-0.3, -0.25) is 10.1 Å². The van der Waals surface area contributed by atoms with Gasteiger partial charge in [0.05, 0.1) is 4.92 Å². The summed E-state index contributed by atoms with van der Waals surface area (Å²) in [5.41, 5.74) is 2.47. The summed E-state index contributed by atoms with van der Waals surface area (Å²) < 4.78 is 0. The van der Waals surface area contributed by atoms with Crippen molar-refractivity contribution < 1.29 is 4.92 Å². The third-order valence-electron chi connectivity index (χ3n) is 3.22. The molecular formula is C14H18N2O2. The summed E-state index contributed by atoms with van der Waals surface area (Å²) in [6.45, 7) is 0.840. The van der Waals surface area contributed by atoms with Crippen LogP contribution in [0, 0.1) is 10.1 Å². The van der Waals surface area contributed by atoms with Crippen LogP contribution in [0.25, 0.3) is 0 Å². The molecule has 4 nitrogen and oxygen atoms in total. The summed E-state index contributed by atoms with van der Waals surface area (Å²) in [7, 11) is 0. The first kappa shape index (κ1) is 12.6. The van der Waals surface area contributed by atoms with Gasteiger partial charge in [-0.05, 0) is 38.2 Å². The zero-order chi connectivity index (χ0) is 12.8. The zero-order valence-electron chi connectivity index (χ0n) is 10.4. The highest BCUT2D eigenvalue weighted by molar-refractivity contribution is 5.50. The van der Waals surface area contributed by atoms with Crippen LogP contribution in [-0.4, -0.2) is 11.5 Å². The van der Waals surface area contributed by atoms with E-state index in [1.54, 1.807) is 12.1 Å². The highest BCUT2D eigenvalue weighted by Gasteiger charge is 2.06. The van der Waals surface area contributed by atoms with Crippen LogP contribution in [0.4, 0.5) is 11.4 Å². The third-order valence-corrected chi connectivity index (χ3v) is 3.22. The molecule has 1 aromatic carbocycles. The first-order chi connectivity index (χ1) is 8.75. The summed E-state index contributed by atoms with van der Waals surface area (Å²) in [5, 5.41) is 13.9. The lowest BCUT2D eigenvalue weighted by Gasteiger charge is -2.13. The molecule has 0 radical (unpaired) electrons. The number of non-ortho nitro benzene ring substituents is 1. The van der Waals surface area contributed by atoms with E-state index >= 15 is 0 Å². The average molecular weight is 246 g/mol. The molecule has 18 heavy (non-hydrogen) atoms. The lowest BCUT2D eigenvalue weighted by Crippen LogP contribution is -2.04. The fourth-order valence-corrected chi connectivity index (χ4v) is 2.23. The van der Waals surface area contributed by atoms with E-state index in [4.69, 9.17) is 0 Å². The number of nitrogens with zero attached hydrogens (tertiary/aromatic N) is 1. The topological polar surface area (TPSA) is 55.2 Å². The van der Waals surface area contributed by atoms with Crippen molar-refractivity contribution in [3.63, 3.8) is 0 Å². The lowest BCUT2D eigenvalue weighted by atomic mass is 9.97. The van der Waals surface area contributed by atoms with Gasteiger partial charge in [0.2, 0.25) is 0 Å². The van der Waals surface area contributed by atoms with E-state index in [9.17, 15) is 10.1 Å². The van der Waals surface area contributed by atoms with E-state index in [0.717, 1.165) is 18.7 Å². The summed E-state index contributed by atoms with van der Waals surface area (Å²) in [5.74, 6) is 0. The Morgan fingerprint density at radius 1 is 1.33 bits per heavy atom. The maximum Gasteiger partial charge on any atom is 0.271 e. The van der Waals surface area contributed by atoms with Crippen LogP contribution in [0.15, 0.2) is 35.9 Å². The molecule has 0 fully saturated rings. The Labute approximate surface area is 107 Å². The number of nitrogens with one attached hydrogen (secondary N) is 1. The average Bonchev–Trinajstić information content (AvgIpc) is 2.40. The second kappa shape index (κ2) is 6.19. The van der Waals surface area contributed by atoms with Gasteiger partial charge in [0.1, 0.15) is 0 Å². The van der Waals surface area contributed by atoms with Crippen LogP contribution in [0.3, 0.4) is 0 Å². The van der Waals surface area contributed by atoms with E-state index in [1.807, 2.05) is 6.07 Å². The third kappa shape index (κ3) is 3.58. The first-order valence-corrected chi connectivity index (χ1v) is 6.42. The van der Waals surface area contributed by atoms with Crippen LogP contribution < -0.4 is 5.32 Å². The number of nitro benzene ring substituents is 1. The number of hydrogen-bond acceptors (Lipinski definition) is 3. The highest BCUT2D eigenvalue weighted by Crippen LogP contribution is 2.21. The SMILES string of the molecule is O=[N+]([O-])c1cccc(NCCC2=CCCCC2)c1. The molecule has 0 atom stereocenters. The zero-order valence-corrected chi connectivity index (χ0v) is 10.4. The van der Waals surface area contributed by atoms with Crippen molar-refractivity contribution in [2.24, 2.45) is 0 Å². The minimum absolute atomic E-state index is 0.136. The van der Waals surface area contributed by atoms with Gasteiger partial charge in [-0.25, -0.2) is 0 Å². The molecule has 0 amide bonds. The Hall–Kier alpha value is -1.84. The molecule has 0 unspecified atom stereocenters. The normalized spacial score (nSPS) is 15.0. The molecule has 0 bridgehead atoms. The lowest BCUT2D eigenvalue weighted by molar-refractivity contribution is -0.384. The molecule has 96 valence electrons. The maximum atomic E-state index is 10.6. The van der Waals surface area contributed by atoms with Gasteiger partial charge >= 0.3 is 0 Å². The van der Waals surface area contributed by atoms with Gasteiger partial charge in [0.15, 0.2) is 0 Å². The van der Waals surface area contributed by atoms with Gasteiger partial charge in [0.25, 0.3) is 5.69 Å². The monoisotopic (exact) mass is 246 g/mol. The number of allylic oxidation sites excluding steroid dienone is 1. The molecular weight excluding hydrogens is 228 g/mol. The van der Waals surface area contributed by atoms with Crippen LogP contribution in [0.2, 0.25) is 0 Å². The van der Waals surface area contributed by atoms with E-state index in [1.165, 1.54) is 37.3 Å². The summed E-state index contributed by atoms with van der Waals surface area (Å²) in [6.07, 6.45) is 8.37. The quantitative estimate of drug-likeness (QED) is 0.487. The Kier molecular flexibility index (Phi) is 4.34. The van der Waals surface area contributed by atoms with Gasteiger partial charge in [-0.2, -0.15) is 0 Å². The maximum absolute atomic E-state index is 10.6. The Bertz CT molecular complexity index is 455. The molecule has 1 N–H and O–H groups in total. The largest absolute Gasteiger partial charge is 0.385 e. The Balaban J connectivity index is 1.84. The highest BCUT2D eigenvalue weighted by atomic mass is 16.6. The van der Waals surface area contributed by atoms with Crippen molar-refractivity contribution in [1.29, 1.82) is 0 Å². The van der Waals surface area contributed by atoms with E-state index in [0.29, 0.717) is 0 Å². The van der Waals surface area contributed by atoms with Crippen LogP contribution in [0.1, 0.15) is 32.1 Å². The van der Waals surface area contributed by atoms with Gasteiger partial charge in [0, 0.05) is 24.4 Å². The standard InChI is InChI=1S/C14H18N2O2/c17-16(18)14-8-4-7-13(11-14)15-10-9-12-5-2-1-3-6-12/h4-5,7-8,11,15H,1-3,6,9-10H2. The van der Waals surface area contributed by atoms with Crippen molar-refractivity contribution >= 4 is 11.4 Å². The molecule has 0 saturated heterocycles. The number of anilines is 1. The smallest absolute Gasteiger partial charge is 0.271 e. The van der Waals surface area contributed by atoms with Crippen molar-refractivity contribution in [2.75, 3.05) is 11.9 Å². The minimum atomic E-state index is -0.366. The number of benzene rings is 1. The van der Waals surface area contributed by atoms with Crippen LogP contribution in [0.5, 0.6) is 0 Å². The molecule has 4 heteroatoms. The van der Waals surface area contributed by atoms with Crippen molar-refractivity contribution in [2.45, 2.75) is 32.1 Å². The van der Waals surface area contributed by atoms with E-state index in [2.05, 4.69) is 11.4 Å². The summed E-state index contributed by atoms with van der Waals surface area (Å²) in [4.78, 5) is 10.3. The fourth-order valence-electron chi connectivity index (χ4n) is 2.23. The molecule has 0 spiro atoms. The summed E-state index contributed by atoms with van der Waals surface area (Å²) >= 11 is 0. The number of nitro groups is 1. The van der Waals surface area contributed by atoms with Crippen LogP contribution in [-0.2, 0) is 0 Å². The van der Waals surface area contributed by atoms with Gasteiger partial charge in [-0.1, -0.05) is 17.7 Å². The molecule has 0 saturated carbocycles. The molecule has 1 aliphatic carbocycles. The summed E-state index contributed by atoms with van der Waals surface area (Å²) in [6, 6.07) is 6.66. The Morgan fingerprint density at radius 3 is 2.94 bits per heavy atom. The fraction of sp³-hybridized carbons (Fsp3) is 0.429. The molecule has 1 aromatic rings. The molecule has 1 aliphatic rings. The van der Waals surface area contributed by atoms with Gasteiger partial charge < -0.3 is 5.32 Å². The molecule has 2 rings (SSSR count). The molecule has 0 heterocycles. The molecule has 0 aromatic heterocycles. The van der Waals surface area contributed by atoms with Crippen molar-refractivity contribution in [3.05, 3.63) is 46.0 Å². The van der Waals surface area contributed by atoms with E-state index < -0.39 is 0 Å². The van der Waals surface area contributed by atoms with Gasteiger partial charge in [-0.15, -0.1) is 0 Å². The second-order valence-electron chi connectivity index (χ2n) is 4.59. The first-order valence-electron chi connectivity index (χ1n) is 6.42. The number of rotatable bonds is 5. The molecule has 0 aliphatic heterocycles. The van der Waals surface area contributed by atoms with Crippen LogP contribution >= 0.6 is 0 Å². The minimum Gasteiger partial charge on any atom is -0.385 e. The number of hydrogen-bond donors (Lipinski definition) is 1. The second-order valence-corrected chi connectivity index (χ2v) is 4.59. The Morgan fingerprint density at radius 2 is 2.22 bits per heavy atom. The van der Waals surface area contributed by atoms with Crippen molar-refractivity contribution in [3.8, 4) is 0 Å². The van der Waals surface area contributed by atoms with E-state index in [-0.39, 0.29) is 10.6 Å². The predicted molar refractivity (Wildman–Crippen MR) is 72.8 cm³/mol. The van der Waals surface area contributed by atoms with Crippen molar-refractivity contribution in [1.82, 2.24) is 0 Å². The predicted octanol–water partition coefficient (Wildman–Crippen LogP) is 3.90.